The second-order valence-electron chi connectivity index (χ2n) is 17.2. The molecule has 13 nitrogen and oxygen atoms in total. The van der Waals surface area contributed by atoms with Crippen molar-refractivity contribution < 1.29 is 17.7 Å². The highest BCUT2D eigenvalue weighted by molar-refractivity contribution is 5.72. The fourth-order valence-corrected chi connectivity index (χ4v) is 6.40. The molecule has 1 aliphatic rings. The minimum Gasteiger partial charge on any atom is -0.416 e. The third-order valence-corrected chi connectivity index (χ3v) is 9.77. The molecule has 5 aromatic heterocycles. The Labute approximate surface area is 322 Å². The summed E-state index contributed by atoms with van der Waals surface area (Å²) in [6, 6.07) is 23.4. The van der Waals surface area contributed by atoms with Crippen LogP contribution in [0.3, 0.4) is 0 Å². The van der Waals surface area contributed by atoms with Gasteiger partial charge in [0.2, 0.25) is 35.3 Å². The minimum absolute atomic E-state index is 0.229. The van der Waals surface area contributed by atoms with Crippen LogP contribution in [0.1, 0.15) is 79.0 Å². The fourth-order valence-electron chi connectivity index (χ4n) is 6.40. The van der Waals surface area contributed by atoms with E-state index in [0.29, 0.717) is 80.1 Å². The van der Waals surface area contributed by atoms with Crippen LogP contribution in [0.4, 0.5) is 0 Å². The number of aromatic nitrogens is 9. The molecule has 16 bridgehead atoms. The second kappa shape index (κ2) is 12.4. The lowest BCUT2D eigenvalue weighted by Crippen LogP contribution is -2.11. The smallest absolute Gasteiger partial charge is 0.266 e. The van der Waals surface area contributed by atoms with Crippen molar-refractivity contribution in [3.05, 3.63) is 89.5 Å². The minimum atomic E-state index is -0.231. The van der Waals surface area contributed by atoms with Crippen molar-refractivity contribution in [2.45, 2.75) is 78.6 Å². The third kappa shape index (κ3) is 6.48. The summed E-state index contributed by atoms with van der Waals surface area (Å²) in [7, 11) is 0. The molecule has 0 radical (unpaired) electrons. The van der Waals surface area contributed by atoms with Crippen LogP contribution >= 0.6 is 0 Å². The van der Waals surface area contributed by atoms with Crippen molar-refractivity contribution in [3.8, 4) is 91.9 Å². The highest BCUT2D eigenvalue weighted by Gasteiger charge is 2.26. The van der Waals surface area contributed by atoms with E-state index in [2.05, 4.69) is 115 Å². The molecule has 6 heterocycles. The molecule has 8 aromatic rings. The summed E-state index contributed by atoms with van der Waals surface area (Å²) in [6.07, 6.45) is 0. The normalized spacial score (nSPS) is 12.7. The van der Waals surface area contributed by atoms with Gasteiger partial charge in [-0.25, -0.2) is 4.98 Å². The quantitative estimate of drug-likeness (QED) is 0.144. The third-order valence-electron chi connectivity index (χ3n) is 9.77. The fraction of sp³-hybridized carbons (Fsp3) is 0.279. The van der Waals surface area contributed by atoms with Gasteiger partial charge in [-0.15, -0.1) is 40.8 Å². The topological polar surface area (TPSA) is 169 Å². The Morgan fingerprint density at radius 3 is 0.804 bits per heavy atom. The van der Waals surface area contributed by atoms with Gasteiger partial charge < -0.3 is 17.7 Å². The SMILES string of the molecule is CC(C)(C)c1cc2cc(c1)-c1nnc(o1)-c1cc(cc(C(C)(C)C)c1)-c1nnc(o1)-c1cccc(n1)-c1nnc(o1)-c1cc(cc(C(C)(C)C)c1)-c1nnc-2o1. The van der Waals surface area contributed by atoms with Crippen molar-refractivity contribution in [1.29, 1.82) is 0 Å². The van der Waals surface area contributed by atoms with Gasteiger partial charge in [-0.05, 0) is 99.7 Å². The van der Waals surface area contributed by atoms with E-state index >= 15 is 0 Å². The molecule has 1 aliphatic heterocycles. The number of fused-ring (bicyclic) bond motifs is 24. The highest BCUT2D eigenvalue weighted by Crippen LogP contribution is 2.39. The van der Waals surface area contributed by atoms with E-state index in [1.54, 1.807) is 12.1 Å². The van der Waals surface area contributed by atoms with Gasteiger partial charge in [-0.3, -0.25) is 0 Å². The molecule has 9 rings (SSSR count). The second-order valence-corrected chi connectivity index (χ2v) is 17.2. The molecule has 0 fully saturated rings. The van der Waals surface area contributed by atoms with E-state index in [9.17, 15) is 0 Å². The maximum Gasteiger partial charge on any atom is 0.266 e. The number of benzene rings is 3. The summed E-state index contributed by atoms with van der Waals surface area (Å²) in [5.74, 6) is 2.45. The number of hydrogen-bond acceptors (Lipinski definition) is 13. The molecule has 0 aliphatic carbocycles. The van der Waals surface area contributed by atoms with Gasteiger partial charge >= 0.3 is 0 Å². The lowest BCUT2D eigenvalue weighted by molar-refractivity contribution is 0.572. The Bertz CT molecular complexity index is 2610. The molecule has 280 valence electrons. The van der Waals surface area contributed by atoms with Crippen LogP contribution in [0.25, 0.3) is 91.9 Å². The zero-order chi connectivity index (χ0) is 39.1. The van der Waals surface area contributed by atoms with Gasteiger partial charge in [0.15, 0.2) is 0 Å². The van der Waals surface area contributed by atoms with Crippen LogP contribution in [-0.4, -0.2) is 45.8 Å². The first-order valence-corrected chi connectivity index (χ1v) is 18.4. The maximum absolute atomic E-state index is 6.44. The molecule has 56 heavy (non-hydrogen) atoms. The zero-order valence-electron chi connectivity index (χ0n) is 32.6. The summed E-state index contributed by atoms with van der Waals surface area (Å²) in [4.78, 5) is 4.77. The van der Waals surface area contributed by atoms with Crippen molar-refractivity contribution in [3.63, 3.8) is 0 Å². The van der Waals surface area contributed by atoms with E-state index < -0.39 is 0 Å². The Hall–Kier alpha value is -6.63. The van der Waals surface area contributed by atoms with Crippen LogP contribution in [0.5, 0.6) is 0 Å². The lowest BCUT2D eigenvalue weighted by Gasteiger charge is -2.20. The standard InChI is InChI=1S/C43H39N9O4/c1-41(2,3)28-16-22-13-23(17-28)34-46-48-36(54-34)25-15-27(21-30(19-25)43(7,8)9)38-50-52-40(56-38)32-12-10-11-31(44-32)39-51-49-37(55-39)26-14-24(35-47-45-33(22)53-35)18-29(20-26)42(4,5)6/h10-21H,1-9H3. The molecule has 0 N–H and O–H groups in total. The summed E-state index contributed by atoms with van der Waals surface area (Å²) >= 11 is 0. The summed E-state index contributed by atoms with van der Waals surface area (Å²) in [5, 5.41) is 35.7. The Kier molecular flexibility index (Phi) is 7.80. The van der Waals surface area contributed by atoms with Gasteiger partial charge in [-0.2, -0.15) is 0 Å². The number of nitrogens with zero attached hydrogens (tertiary/aromatic N) is 9. The van der Waals surface area contributed by atoms with Gasteiger partial charge in [0.05, 0.1) is 0 Å². The molecule has 3 aromatic carbocycles. The predicted octanol–water partition coefficient (Wildman–Crippen LogP) is 10.2. The summed E-state index contributed by atoms with van der Waals surface area (Å²) in [5.41, 5.74) is 7.50. The molecule has 0 amide bonds. The molecule has 0 atom stereocenters. The van der Waals surface area contributed by atoms with Crippen LogP contribution in [0.2, 0.25) is 0 Å². The summed E-state index contributed by atoms with van der Waals surface area (Å²) in [6.45, 7) is 19.2. The van der Waals surface area contributed by atoms with Crippen LogP contribution < -0.4 is 0 Å². The van der Waals surface area contributed by atoms with Gasteiger partial charge in [0, 0.05) is 33.4 Å². The van der Waals surface area contributed by atoms with E-state index in [4.69, 9.17) is 22.7 Å². The molecule has 0 unspecified atom stereocenters. The van der Waals surface area contributed by atoms with Crippen LogP contribution in [0.15, 0.2) is 90.5 Å². The first kappa shape index (κ1) is 35.1. The molecular formula is C43H39N9O4. The Morgan fingerprint density at radius 2 is 0.554 bits per heavy atom. The molecule has 13 heteroatoms. The summed E-state index contributed by atoms with van der Waals surface area (Å²) < 4.78 is 25.4. The van der Waals surface area contributed by atoms with Gasteiger partial charge in [0.1, 0.15) is 11.4 Å². The van der Waals surface area contributed by atoms with Crippen molar-refractivity contribution in [2.24, 2.45) is 0 Å². The lowest BCUT2D eigenvalue weighted by atomic mass is 9.85. The number of hydrogen-bond donors (Lipinski definition) is 0. The van der Waals surface area contributed by atoms with E-state index in [1.165, 1.54) is 0 Å². The van der Waals surface area contributed by atoms with E-state index in [-0.39, 0.29) is 28.0 Å². The highest BCUT2D eigenvalue weighted by atomic mass is 16.4. The van der Waals surface area contributed by atoms with Crippen molar-refractivity contribution >= 4 is 0 Å². The molecule has 0 spiro atoms. The van der Waals surface area contributed by atoms with Crippen LogP contribution in [0, 0.1) is 0 Å². The Morgan fingerprint density at radius 1 is 0.321 bits per heavy atom. The largest absolute Gasteiger partial charge is 0.416 e. The van der Waals surface area contributed by atoms with E-state index in [0.717, 1.165) is 16.7 Å². The first-order valence-electron chi connectivity index (χ1n) is 18.4. The average Bonchev–Trinajstić information content (AvgIpc) is 4.00. The van der Waals surface area contributed by atoms with Crippen LogP contribution in [-0.2, 0) is 16.2 Å². The molecule has 0 saturated carbocycles. The molecular weight excluding hydrogens is 707 g/mol. The van der Waals surface area contributed by atoms with Gasteiger partial charge in [-0.1, -0.05) is 68.4 Å². The predicted molar refractivity (Wildman–Crippen MR) is 209 cm³/mol. The van der Waals surface area contributed by atoms with Crippen molar-refractivity contribution in [2.75, 3.05) is 0 Å². The maximum atomic E-state index is 6.44. The first-order chi connectivity index (χ1) is 26.5. The van der Waals surface area contributed by atoms with E-state index in [1.807, 2.05) is 48.5 Å². The average molecular weight is 746 g/mol. The van der Waals surface area contributed by atoms with Crippen molar-refractivity contribution in [1.82, 2.24) is 45.8 Å². The monoisotopic (exact) mass is 745 g/mol. The zero-order valence-corrected chi connectivity index (χ0v) is 32.6. The molecule has 0 saturated heterocycles. The van der Waals surface area contributed by atoms with Gasteiger partial charge in [0.25, 0.3) is 11.8 Å². The number of rotatable bonds is 0. The number of pyridine rings is 1. The Balaban J connectivity index is 1.27.